The van der Waals surface area contributed by atoms with E-state index in [2.05, 4.69) is 78.9 Å². The molecular formula is C17H14. The van der Waals surface area contributed by atoms with Gasteiger partial charge in [0.15, 0.2) is 0 Å². The molecular weight excluding hydrogens is 204 g/mol. The van der Waals surface area contributed by atoms with Crippen LogP contribution in [0.3, 0.4) is 0 Å². The van der Waals surface area contributed by atoms with Gasteiger partial charge in [0.1, 0.15) is 0 Å². The van der Waals surface area contributed by atoms with Crippen LogP contribution in [0.2, 0.25) is 0 Å². The molecule has 0 saturated heterocycles. The van der Waals surface area contributed by atoms with Crippen molar-refractivity contribution in [3.8, 4) is 0 Å². The van der Waals surface area contributed by atoms with E-state index in [0.717, 1.165) is 0 Å². The highest BCUT2D eigenvalue weighted by Gasteiger charge is 2.07. The molecule has 1 aliphatic rings. The predicted octanol–water partition coefficient (Wildman–Crippen LogP) is 4.51. The first-order valence-electron chi connectivity index (χ1n) is 5.94. The van der Waals surface area contributed by atoms with Crippen LogP contribution in [0.4, 0.5) is 0 Å². The summed E-state index contributed by atoms with van der Waals surface area (Å²) in [6.45, 7) is 0. The molecule has 0 radical (unpaired) electrons. The lowest BCUT2D eigenvalue weighted by Crippen LogP contribution is -1.88. The molecule has 0 atom stereocenters. The molecule has 17 heavy (non-hydrogen) atoms. The Morgan fingerprint density at radius 2 is 1.12 bits per heavy atom. The molecule has 0 aromatic heterocycles. The van der Waals surface area contributed by atoms with E-state index in [1.807, 2.05) is 0 Å². The zero-order valence-corrected chi connectivity index (χ0v) is 9.58. The van der Waals surface area contributed by atoms with Crippen LogP contribution in [0.25, 0.3) is 12.2 Å². The van der Waals surface area contributed by atoms with E-state index in [1.54, 1.807) is 0 Å². The van der Waals surface area contributed by atoms with E-state index in [1.165, 1.54) is 16.7 Å². The van der Waals surface area contributed by atoms with Crippen molar-refractivity contribution in [1.29, 1.82) is 0 Å². The monoisotopic (exact) mass is 218 g/mol. The van der Waals surface area contributed by atoms with Crippen LogP contribution in [-0.2, 0) is 0 Å². The maximum Gasteiger partial charge on any atom is 0.0205 e. The second kappa shape index (κ2) is 4.42. The minimum atomic E-state index is 0.378. The van der Waals surface area contributed by atoms with E-state index in [0.29, 0.717) is 5.92 Å². The van der Waals surface area contributed by atoms with Gasteiger partial charge in [-0.3, -0.25) is 0 Å². The first kappa shape index (κ1) is 10.1. The summed E-state index contributed by atoms with van der Waals surface area (Å²) in [6.07, 6.45) is 8.95. The minimum absolute atomic E-state index is 0.378. The third-order valence-corrected chi connectivity index (χ3v) is 3.15. The lowest BCUT2D eigenvalue weighted by Gasteiger charge is -2.06. The maximum absolute atomic E-state index is 2.26. The average Bonchev–Trinajstić information content (AvgIpc) is 2.62. The summed E-state index contributed by atoms with van der Waals surface area (Å²) in [7, 11) is 0. The smallest absolute Gasteiger partial charge is 0.0205 e. The standard InChI is InChI=1S/C17H14/c1-2-6-14(7-3-1)17-12-10-15-8-4-5-9-16(15)11-13-17/h1-13,17H. The summed E-state index contributed by atoms with van der Waals surface area (Å²) in [5.41, 5.74) is 3.93. The highest BCUT2D eigenvalue weighted by Crippen LogP contribution is 2.25. The third-order valence-electron chi connectivity index (χ3n) is 3.15. The molecule has 82 valence electrons. The van der Waals surface area contributed by atoms with E-state index < -0.39 is 0 Å². The van der Waals surface area contributed by atoms with Crippen LogP contribution in [0.5, 0.6) is 0 Å². The minimum Gasteiger partial charge on any atom is -0.0726 e. The van der Waals surface area contributed by atoms with Crippen molar-refractivity contribution in [3.63, 3.8) is 0 Å². The van der Waals surface area contributed by atoms with Crippen molar-refractivity contribution >= 4 is 12.2 Å². The largest absolute Gasteiger partial charge is 0.0726 e. The molecule has 0 unspecified atom stereocenters. The van der Waals surface area contributed by atoms with Gasteiger partial charge in [0, 0.05) is 5.92 Å². The van der Waals surface area contributed by atoms with Crippen molar-refractivity contribution in [2.75, 3.05) is 0 Å². The van der Waals surface area contributed by atoms with Gasteiger partial charge in [0.2, 0.25) is 0 Å². The van der Waals surface area contributed by atoms with Crippen LogP contribution in [0.1, 0.15) is 22.6 Å². The van der Waals surface area contributed by atoms with Gasteiger partial charge in [0.25, 0.3) is 0 Å². The van der Waals surface area contributed by atoms with Gasteiger partial charge in [-0.2, -0.15) is 0 Å². The number of fused-ring (bicyclic) bond motifs is 1. The molecule has 0 fully saturated rings. The van der Waals surface area contributed by atoms with Crippen molar-refractivity contribution in [2.45, 2.75) is 5.92 Å². The quantitative estimate of drug-likeness (QED) is 0.660. The Morgan fingerprint density at radius 3 is 1.71 bits per heavy atom. The zero-order chi connectivity index (χ0) is 11.5. The fraction of sp³-hybridized carbons (Fsp3) is 0.0588. The number of hydrogen-bond donors (Lipinski definition) is 0. The fourth-order valence-corrected chi connectivity index (χ4v) is 2.19. The molecule has 0 heterocycles. The summed E-state index contributed by atoms with van der Waals surface area (Å²) >= 11 is 0. The maximum atomic E-state index is 2.26. The van der Waals surface area contributed by atoms with Gasteiger partial charge < -0.3 is 0 Å². The second-order valence-electron chi connectivity index (χ2n) is 4.28. The van der Waals surface area contributed by atoms with Gasteiger partial charge in [-0.15, -0.1) is 0 Å². The first-order valence-corrected chi connectivity index (χ1v) is 5.94. The number of hydrogen-bond acceptors (Lipinski definition) is 0. The summed E-state index contributed by atoms with van der Waals surface area (Å²) in [5.74, 6) is 0.378. The van der Waals surface area contributed by atoms with Crippen molar-refractivity contribution < 1.29 is 0 Å². The van der Waals surface area contributed by atoms with E-state index >= 15 is 0 Å². The summed E-state index contributed by atoms with van der Waals surface area (Å²) in [5, 5.41) is 0. The van der Waals surface area contributed by atoms with Crippen LogP contribution < -0.4 is 0 Å². The molecule has 0 aliphatic heterocycles. The molecule has 0 bridgehead atoms. The molecule has 2 aromatic carbocycles. The molecule has 0 amide bonds. The van der Waals surface area contributed by atoms with Crippen LogP contribution in [-0.4, -0.2) is 0 Å². The molecule has 0 N–H and O–H groups in total. The van der Waals surface area contributed by atoms with E-state index in [9.17, 15) is 0 Å². The molecule has 0 heteroatoms. The van der Waals surface area contributed by atoms with E-state index in [-0.39, 0.29) is 0 Å². The zero-order valence-electron chi connectivity index (χ0n) is 9.58. The van der Waals surface area contributed by atoms with Crippen molar-refractivity contribution in [3.05, 3.63) is 83.4 Å². The first-order chi connectivity index (χ1) is 8.43. The Morgan fingerprint density at radius 1 is 0.588 bits per heavy atom. The number of rotatable bonds is 1. The van der Waals surface area contributed by atoms with Gasteiger partial charge in [-0.25, -0.2) is 0 Å². The van der Waals surface area contributed by atoms with Crippen molar-refractivity contribution in [2.24, 2.45) is 0 Å². The van der Waals surface area contributed by atoms with Crippen LogP contribution in [0.15, 0.2) is 66.7 Å². The van der Waals surface area contributed by atoms with E-state index in [4.69, 9.17) is 0 Å². The average molecular weight is 218 g/mol. The van der Waals surface area contributed by atoms with Gasteiger partial charge in [-0.1, -0.05) is 78.9 Å². The van der Waals surface area contributed by atoms with Gasteiger partial charge in [-0.05, 0) is 16.7 Å². The molecule has 0 saturated carbocycles. The number of benzene rings is 2. The molecule has 3 rings (SSSR count). The summed E-state index contributed by atoms with van der Waals surface area (Å²) < 4.78 is 0. The number of allylic oxidation sites excluding steroid dienone is 2. The molecule has 2 aromatic rings. The summed E-state index contributed by atoms with van der Waals surface area (Å²) in [6, 6.07) is 19.1. The highest BCUT2D eigenvalue weighted by molar-refractivity contribution is 5.69. The Labute approximate surface area is 102 Å². The predicted molar refractivity (Wildman–Crippen MR) is 73.7 cm³/mol. The Bertz CT molecular complexity index is 529. The van der Waals surface area contributed by atoms with Gasteiger partial charge >= 0.3 is 0 Å². The molecule has 0 nitrogen and oxygen atoms in total. The second-order valence-corrected chi connectivity index (χ2v) is 4.28. The normalized spacial score (nSPS) is 14.4. The van der Waals surface area contributed by atoms with Crippen LogP contribution >= 0.6 is 0 Å². The van der Waals surface area contributed by atoms with Gasteiger partial charge in [0.05, 0.1) is 0 Å². The highest BCUT2D eigenvalue weighted by atomic mass is 14.1. The lowest BCUT2D eigenvalue weighted by atomic mass is 9.99. The van der Waals surface area contributed by atoms with Crippen molar-refractivity contribution in [1.82, 2.24) is 0 Å². The lowest BCUT2D eigenvalue weighted by molar-refractivity contribution is 1.10. The third kappa shape index (κ3) is 2.07. The molecule has 0 spiro atoms. The van der Waals surface area contributed by atoms with Crippen LogP contribution in [0, 0.1) is 0 Å². The Balaban J connectivity index is 1.99. The Hall–Kier alpha value is -2.08. The molecule has 1 aliphatic carbocycles. The SMILES string of the molecule is C1=CC(c2ccccc2)C=Cc2ccccc21. The Kier molecular flexibility index (Phi) is 2.63. The fourth-order valence-electron chi connectivity index (χ4n) is 2.19. The summed E-state index contributed by atoms with van der Waals surface area (Å²) in [4.78, 5) is 0. The topological polar surface area (TPSA) is 0 Å².